The number of nitrogens with one attached hydrogen (secondary N) is 2. The smallest absolute Gasteiger partial charge is 0.254 e. The van der Waals surface area contributed by atoms with E-state index in [9.17, 15) is 4.79 Å². The molecule has 2 aliphatic carbocycles. The molecule has 2 fully saturated rings. The normalized spacial score (nSPS) is 28.1. The average molecular weight is 377 g/mol. The Morgan fingerprint density at radius 1 is 1.22 bits per heavy atom. The van der Waals surface area contributed by atoms with Crippen molar-refractivity contribution in [2.75, 3.05) is 24.4 Å². The monoisotopic (exact) mass is 377 g/mol. The molecule has 2 atom stereocenters. The molecule has 150 valence electrons. The number of anilines is 2. The summed E-state index contributed by atoms with van der Waals surface area (Å²) in [6.07, 6.45) is 9.14. The van der Waals surface area contributed by atoms with Gasteiger partial charge in [-0.15, -0.1) is 0 Å². The second-order valence-corrected chi connectivity index (χ2v) is 7.35. The molecule has 8 heteroatoms. The van der Waals surface area contributed by atoms with E-state index >= 15 is 0 Å². The van der Waals surface area contributed by atoms with Crippen LogP contribution in [0.5, 0.6) is 0 Å². The second-order valence-electron chi connectivity index (χ2n) is 7.35. The van der Waals surface area contributed by atoms with Crippen LogP contribution in [0.3, 0.4) is 0 Å². The number of aromatic nitrogens is 2. The first-order valence-corrected chi connectivity index (χ1v) is 9.95. The van der Waals surface area contributed by atoms with Gasteiger partial charge in [0.15, 0.2) is 0 Å². The van der Waals surface area contributed by atoms with Gasteiger partial charge >= 0.3 is 0 Å². The molecule has 8 nitrogen and oxygen atoms in total. The Kier molecular flexibility index (Phi) is 6.84. The number of carbonyl (C=O) groups is 1. The Morgan fingerprint density at radius 2 is 2.00 bits per heavy atom. The van der Waals surface area contributed by atoms with Crippen LogP contribution in [0.25, 0.3) is 0 Å². The number of nitrogens with zero attached hydrogens (tertiary/aromatic N) is 2. The number of amides is 1. The predicted molar refractivity (Wildman–Crippen MR) is 104 cm³/mol. The summed E-state index contributed by atoms with van der Waals surface area (Å²) in [5.74, 6) is 0.472. The van der Waals surface area contributed by atoms with E-state index in [0.717, 1.165) is 51.6 Å². The summed E-state index contributed by atoms with van der Waals surface area (Å²) in [6, 6.07) is 0.435. The Hall–Kier alpha value is -1.93. The summed E-state index contributed by atoms with van der Waals surface area (Å²) in [7, 11) is 1.71. The fourth-order valence-electron chi connectivity index (χ4n) is 4.08. The highest BCUT2D eigenvalue weighted by Gasteiger charge is 2.29. The van der Waals surface area contributed by atoms with Crippen LogP contribution in [0.1, 0.15) is 62.2 Å². The van der Waals surface area contributed by atoms with Gasteiger partial charge in [0.1, 0.15) is 5.82 Å². The fourth-order valence-corrected chi connectivity index (χ4v) is 4.08. The van der Waals surface area contributed by atoms with Crippen molar-refractivity contribution in [3.63, 3.8) is 0 Å². The lowest BCUT2D eigenvalue weighted by Crippen LogP contribution is -2.32. The summed E-state index contributed by atoms with van der Waals surface area (Å²) < 4.78 is 11.2. The van der Waals surface area contributed by atoms with Crippen molar-refractivity contribution in [1.29, 1.82) is 0 Å². The molecule has 0 spiro atoms. The number of nitrogens with two attached hydrogens (primary N) is 1. The van der Waals surface area contributed by atoms with Gasteiger partial charge in [-0.2, -0.15) is 4.98 Å². The molecule has 0 aromatic carbocycles. The van der Waals surface area contributed by atoms with E-state index in [1.165, 1.54) is 6.20 Å². The first-order valence-electron chi connectivity index (χ1n) is 9.95. The molecule has 0 radical (unpaired) electrons. The number of carbonyl (C=O) groups excluding carboxylic acids is 1. The Balaban J connectivity index is 1.67. The van der Waals surface area contributed by atoms with E-state index in [1.807, 2.05) is 6.92 Å². The SMILES string of the molecule is CCOC1CCC(Nc2ncc(C(N)=O)c(NC3CCC[C@@H]3OC)n2)CC1. The Morgan fingerprint density at radius 3 is 2.67 bits per heavy atom. The molecule has 1 aromatic heterocycles. The molecule has 1 amide bonds. The first-order chi connectivity index (χ1) is 13.1. The standard InChI is InChI=1S/C19H31N5O3/c1-3-27-13-9-7-12(8-10-13)22-19-21-11-14(17(20)25)18(24-19)23-15-5-4-6-16(15)26-2/h11-13,15-16H,3-10H2,1-2H3,(H2,20,25)(H2,21,22,23,24)/t12?,13?,15?,16-/m0/s1. The molecular weight excluding hydrogens is 346 g/mol. The second kappa shape index (κ2) is 9.32. The maximum Gasteiger partial charge on any atom is 0.254 e. The molecule has 3 rings (SSSR count). The number of hydrogen-bond acceptors (Lipinski definition) is 7. The number of methoxy groups -OCH3 is 1. The molecule has 27 heavy (non-hydrogen) atoms. The number of primary amides is 1. The molecule has 2 aliphatic rings. The minimum Gasteiger partial charge on any atom is -0.379 e. The molecule has 1 aromatic rings. The van der Waals surface area contributed by atoms with Crippen LogP contribution in [0.4, 0.5) is 11.8 Å². The van der Waals surface area contributed by atoms with E-state index < -0.39 is 5.91 Å². The van der Waals surface area contributed by atoms with E-state index in [0.29, 0.717) is 29.5 Å². The third-order valence-corrected chi connectivity index (χ3v) is 5.54. The maximum atomic E-state index is 11.8. The van der Waals surface area contributed by atoms with Crippen molar-refractivity contribution in [2.24, 2.45) is 5.73 Å². The van der Waals surface area contributed by atoms with Crippen LogP contribution in [-0.4, -0.2) is 53.9 Å². The zero-order chi connectivity index (χ0) is 19.2. The van der Waals surface area contributed by atoms with Crippen molar-refractivity contribution in [3.05, 3.63) is 11.8 Å². The van der Waals surface area contributed by atoms with Crippen LogP contribution in [0.15, 0.2) is 6.20 Å². The number of hydrogen-bond donors (Lipinski definition) is 3. The van der Waals surface area contributed by atoms with Crippen LogP contribution in [0.2, 0.25) is 0 Å². The van der Waals surface area contributed by atoms with Gasteiger partial charge in [0, 0.05) is 26.0 Å². The zero-order valence-electron chi connectivity index (χ0n) is 16.2. The molecule has 0 bridgehead atoms. The summed E-state index contributed by atoms with van der Waals surface area (Å²) >= 11 is 0. The van der Waals surface area contributed by atoms with Gasteiger partial charge in [-0.1, -0.05) is 0 Å². The quantitative estimate of drug-likeness (QED) is 0.637. The largest absolute Gasteiger partial charge is 0.379 e. The lowest BCUT2D eigenvalue weighted by molar-refractivity contribution is 0.0346. The highest BCUT2D eigenvalue weighted by atomic mass is 16.5. The van der Waals surface area contributed by atoms with Gasteiger partial charge in [-0.05, 0) is 51.9 Å². The average Bonchev–Trinajstić information content (AvgIpc) is 3.11. The van der Waals surface area contributed by atoms with E-state index in [4.69, 9.17) is 15.2 Å². The minimum atomic E-state index is -0.534. The summed E-state index contributed by atoms with van der Waals surface area (Å²) in [4.78, 5) is 20.6. The first kappa shape index (κ1) is 19.8. The van der Waals surface area contributed by atoms with E-state index in [1.54, 1.807) is 7.11 Å². The summed E-state index contributed by atoms with van der Waals surface area (Å²) in [5, 5.41) is 6.76. The van der Waals surface area contributed by atoms with Crippen molar-refractivity contribution in [2.45, 2.75) is 76.2 Å². The number of rotatable bonds is 8. The Labute approximate surface area is 160 Å². The molecular formula is C19H31N5O3. The summed E-state index contributed by atoms with van der Waals surface area (Å²) in [5.41, 5.74) is 5.82. The zero-order valence-corrected chi connectivity index (χ0v) is 16.2. The van der Waals surface area contributed by atoms with E-state index in [-0.39, 0.29) is 12.1 Å². The van der Waals surface area contributed by atoms with Gasteiger partial charge in [-0.3, -0.25) is 4.79 Å². The highest BCUT2D eigenvalue weighted by Crippen LogP contribution is 2.27. The lowest BCUT2D eigenvalue weighted by atomic mass is 9.93. The van der Waals surface area contributed by atoms with Crippen LogP contribution >= 0.6 is 0 Å². The predicted octanol–water partition coefficient (Wildman–Crippen LogP) is 2.31. The molecule has 0 aliphatic heterocycles. The molecule has 1 unspecified atom stereocenters. The van der Waals surface area contributed by atoms with Crippen LogP contribution in [0, 0.1) is 0 Å². The maximum absolute atomic E-state index is 11.8. The van der Waals surface area contributed by atoms with Crippen molar-refractivity contribution < 1.29 is 14.3 Å². The topological polar surface area (TPSA) is 111 Å². The number of ether oxygens (including phenoxy) is 2. The van der Waals surface area contributed by atoms with Crippen molar-refractivity contribution in [3.8, 4) is 0 Å². The third-order valence-electron chi connectivity index (χ3n) is 5.54. The lowest BCUT2D eigenvalue weighted by Gasteiger charge is -2.29. The van der Waals surface area contributed by atoms with Crippen molar-refractivity contribution >= 4 is 17.7 Å². The van der Waals surface area contributed by atoms with Crippen LogP contribution in [-0.2, 0) is 9.47 Å². The molecule has 4 N–H and O–H groups in total. The van der Waals surface area contributed by atoms with Crippen molar-refractivity contribution in [1.82, 2.24) is 9.97 Å². The van der Waals surface area contributed by atoms with E-state index in [2.05, 4.69) is 20.6 Å². The highest BCUT2D eigenvalue weighted by molar-refractivity contribution is 5.97. The molecule has 0 saturated heterocycles. The summed E-state index contributed by atoms with van der Waals surface area (Å²) in [6.45, 7) is 2.80. The van der Waals surface area contributed by atoms with Gasteiger partial charge in [0.05, 0.1) is 23.8 Å². The minimum absolute atomic E-state index is 0.117. The van der Waals surface area contributed by atoms with Gasteiger partial charge in [0.2, 0.25) is 5.95 Å². The third kappa shape index (κ3) is 5.07. The Bertz CT molecular complexity index is 634. The van der Waals surface area contributed by atoms with Crippen LogP contribution < -0.4 is 16.4 Å². The fraction of sp³-hybridized carbons (Fsp3) is 0.737. The van der Waals surface area contributed by atoms with Gasteiger partial charge in [0.25, 0.3) is 5.91 Å². The molecule has 2 saturated carbocycles. The molecule has 1 heterocycles. The van der Waals surface area contributed by atoms with Gasteiger partial charge in [-0.25, -0.2) is 4.98 Å². The van der Waals surface area contributed by atoms with Gasteiger partial charge < -0.3 is 25.8 Å².